The number of nitrogens with zero attached hydrogens (tertiary/aromatic N) is 1. The second-order valence-electron chi connectivity index (χ2n) is 4.28. The molecule has 0 aliphatic carbocycles. The molecule has 1 saturated heterocycles. The maximum atomic E-state index is 10.8. The average Bonchev–Trinajstić information content (AvgIpc) is 2.63. The van der Waals surface area contributed by atoms with Gasteiger partial charge in [-0.05, 0) is 38.9 Å². The van der Waals surface area contributed by atoms with Gasteiger partial charge in [-0.15, -0.1) is 0 Å². The fourth-order valence-electron chi connectivity index (χ4n) is 1.99. The molecule has 15 heavy (non-hydrogen) atoms. The van der Waals surface area contributed by atoms with Crippen LogP contribution in [0.5, 0.6) is 0 Å². The molecule has 88 valence electrons. The van der Waals surface area contributed by atoms with Crippen LogP contribution < -0.4 is 5.32 Å². The Kier molecular flexibility index (Phi) is 5.65. The van der Waals surface area contributed by atoms with E-state index in [2.05, 4.69) is 22.0 Å². The van der Waals surface area contributed by atoms with Crippen molar-refractivity contribution in [1.82, 2.24) is 10.2 Å². The summed E-state index contributed by atoms with van der Waals surface area (Å²) < 4.78 is 4.56. The third kappa shape index (κ3) is 5.14. The molecule has 0 aromatic heterocycles. The number of ether oxygens (including phenoxy) is 1. The standard InChI is InChI=1S/C11H22N2O2/c1-13-8-5-10(9-13)3-6-12-7-4-11(14)15-2/h10,12H,3-9H2,1-2H3. The van der Waals surface area contributed by atoms with E-state index >= 15 is 0 Å². The Bertz CT molecular complexity index is 197. The first-order valence-corrected chi connectivity index (χ1v) is 5.68. The first-order valence-electron chi connectivity index (χ1n) is 5.68. The van der Waals surface area contributed by atoms with Crippen molar-refractivity contribution in [2.24, 2.45) is 5.92 Å². The summed E-state index contributed by atoms with van der Waals surface area (Å²) in [5.74, 6) is 0.698. The predicted octanol–water partition coefficient (Wildman–Crippen LogP) is 0.481. The fourth-order valence-corrected chi connectivity index (χ4v) is 1.99. The van der Waals surface area contributed by atoms with E-state index in [-0.39, 0.29) is 5.97 Å². The quantitative estimate of drug-likeness (QED) is 0.516. The highest BCUT2D eigenvalue weighted by molar-refractivity contribution is 5.69. The molecule has 0 amide bonds. The molecule has 1 heterocycles. The van der Waals surface area contributed by atoms with Crippen molar-refractivity contribution in [3.05, 3.63) is 0 Å². The third-order valence-corrected chi connectivity index (χ3v) is 2.95. The molecule has 0 spiro atoms. The van der Waals surface area contributed by atoms with Crippen LogP contribution in [0.1, 0.15) is 19.3 Å². The highest BCUT2D eigenvalue weighted by Crippen LogP contribution is 2.16. The number of carbonyl (C=O) groups excluding carboxylic acids is 1. The molecule has 1 N–H and O–H groups in total. The van der Waals surface area contributed by atoms with Gasteiger partial charge >= 0.3 is 5.97 Å². The van der Waals surface area contributed by atoms with Crippen LogP contribution >= 0.6 is 0 Å². The van der Waals surface area contributed by atoms with Crippen LogP contribution in [0.25, 0.3) is 0 Å². The van der Waals surface area contributed by atoms with Crippen LogP contribution in [-0.4, -0.2) is 51.2 Å². The third-order valence-electron chi connectivity index (χ3n) is 2.95. The average molecular weight is 214 g/mol. The van der Waals surface area contributed by atoms with Crippen LogP contribution in [0, 0.1) is 5.92 Å². The highest BCUT2D eigenvalue weighted by Gasteiger charge is 2.18. The maximum absolute atomic E-state index is 10.8. The zero-order chi connectivity index (χ0) is 11.1. The van der Waals surface area contributed by atoms with Crippen LogP contribution in [0.4, 0.5) is 0 Å². The Morgan fingerprint density at radius 1 is 1.53 bits per heavy atom. The largest absolute Gasteiger partial charge is 0.469 e. The minimum Gasteiger partial charge on any atom is -0.469 e. The number of hydrogen-bond acceptors (Lipinski definition) is 4. The van der Waals surface area contributed by atoms with Gasteiger partial charge < -0.3 is 15.0 Å². The summed E-state index contributed by atoms with van der Waals surface area (Å²) in [6.07, 6.45) is 3.00. The van der Waals surface area contributed by atoms with Gasteiger partial charge in [-0.2, -0.15) is 0 Å². The summed E-state index contributed by atoms with van der Waals surface area (Å²) in [7, 11) is 3.60. The monoisotopic (exact) mass is 214 g/mol. The van der Waals surface area contributed by atoms with Gasteiger partial charge in [0.2, 0.25) is 0 Å². The van der Waals surface area contributed by atoms with E-state index in [9.17, 15) is 4.79 Å². The first-order chi connectivity index (χ1) is 7.22. The molecule has 1 fully saturated rings. The Morgan fingerprint density at radius 3 is 2.93 bits per heavy atom. The summed E-state index contributed by atoms with van der Waals surface area (Å²) in [4.78, 5) is 13.2. The van der Waals surface area contributed by atoms with E-state index < -0.39 is 0 Å². The molecule has 0 bridgehead atoms. The van der Waals surface area contributed by atoms with Crippen LogP contribution in [-0.2, 0) is 9.53 Å². The van der Waals surface area contributed by atoms with Crippen molar-refractivity contribution in [2.45, 2.75) is 19.3 Å². The van der Waals surface area contributed by atoms with Gasteiger partial charge in [0.1, 0.15) is 0 Å². The van der Waals surface area contributed by atoms with Gasteiger partial charge in [-0.3, -0.25) is 4.79 Å². The van der Waals surface area contributed by atoms with Gasteiger partial charge in [-0.1, -0.05) is 0 Å². The Labute approximate surface area is 92.0 Å². The molecule has 0 aromatic carbocycles. The van der Waals surface area contributed by atoms with Gasteiger partial charge in [0.05, 0.1) is 13.5 Å². The second kappa shape index (κ2) is 6.80. The van der Waals surface area contributed by atoms with Crippen molar-refractivity contribution in [3.8, 4) is 0 Å². The van der Waals surface area contributed by atoms with Crippen molar-refractivity contribution in [3.63, 3.8) is 0 Å². The van der Waals surface area contributed by atoms with Crippen molar-refractivity contribution in [2.75, 3.05) is 40.3 Å². The fraction of sp³-hybridized carbons (Fsp3) is 0.909. The van der Waals surface area contributed by atoms with E-state index in [1.54, 1.807) is 0 Å². The van der Waals surface area contributed by atoms with Crippen molar-refractivity contribution in [1.29, 1.82) is 0 Å². The summed E-state index contributed by atoms with van der Waals surface area (Å²) in [5.41, 5.74) is 0. The van der Waals surface area contributed by atoms with Crippen LogP contribution in [0.15, 0.2) is 0 Å². The van der Waals surface area contributed by atoms with Crippen LogP contribution in [0.2, 0.25) is 0 Å². The lowest BCUT2D eigenvalue weighted by Gasteiger charge is -2.10. The summed E-state index contributed by atoms with van der Waals surface area (Å²) in [5, 5.41) is 3.27. The summed E-state index contributed by atoms with van der Waals surface area (Å²) in [6, 6.07) is 0. The Morgan fingerprint density at radius 2 is 2.33 bits per heavy atom. The van der Waals surface area contributed by atoms with E-state index in [0.717, 1.165) is 19.0 Å². The smallest absolute Gasteiger partial charge is 0.306 e. The van der Waals surface area contributed by atoms with Crippen molar-refractivity contribution < 1.29 is 9.53 Å². The van der Waals surface area contributed by atoms with Gasteiger partial charge in [0.15, 0.2) is 0 Å². The molecule has 1 rings (SSSR count). The zero-order valence-corrected chi connectivity index (χ0v) is 9.79. The number of carbonyl (C=O) groups is 1. The second-order valence-corrected chi connectivity index (χ2v) is 4.28. The van der Waals surface area contributed by atoms with Gasteiger partial charge in [0.25, 0.3) is 0 Å². The number of methoxy groups -OCH3 is 1. The molecular formula is C11H22N2O2. The lowest BCUT2D eigenvalue weighted by Crippen LogP contribution is -2.22. The van der Waals surface area contributed by atoms with E-state index in [1.807, 2.05) is 0 Å². The molecule has 1 atom stereocenters. The number of nitrogens with one attached hydrogen (secondary N) is 1. The first kappa shape index (κ1) is 12.5. The van der Waals surface area contributed by atoms with Crippen LogP contribution in [0.3, 0.4) is 0 Å². The number of hydrogen-bond donors (Lipinski definition) is 1. The van der Waals surface area contributed by atoms with E-state index in [4.69, 9.17) is 0 Å². The Hall–Kier alpha value is -0.610. The molecular weight excluding hydrogens is 192 g/mol. The van der Waals surface area contributed by atoms with Gasteiger partial charge in [0, 0.05) is 13.1 Å². The summed E-state index contributed by atoms with van der Waals surface area (Å²) >= 11 is 0. The summed E-state index contributed by atoms with van der Waals surface area (Å²) in [6.45, 7) is 4.19. The minimum absolute atomic E-state index is 0.136. The number of esters is 1. The normalized spacial score (nSPS) is 21.9. The maximum Gasteiger partial charge on any atom is 0.306 e. The molecule has 1 aliphatic heterocycles. The molecule has 1 aliphatic rings. The zero-order valence-electron chi connectivity index (χ0n) is 9.79. The molecule has 0 aromatic rings. The highest BCUT2D eigenvalue weighted by atomic mass is 16.5. The van der Waals surface area contributed by atoms with E-state index in [1.165, 1.54) is 33.0 Å². The molecule has 4 nitrogen and oxygen atoms in total. The SMILES string of the molecule is COC(=O)CCNCCC1CCN(C)C1. The van der Waals surface area contributed by atoms with Crippen molar-refractivity contribution >= 4 is 5.97 Å². The number of likely N-dealkylation sites (tertiary alicyclic amines) is 1. The molecule has 0 radical (unpaired) electrons. The lowest BCUT2D eigenvalue weighted by atomic mass is 10.1. The minimum atomic E-state index is -0.136. The molecule has 4 heteroatoms. The lowest BCUT2D eigenvalue weighted by molar-refractivity contribution is -0.140. The molecule has 0 saturated carbocycles. The van der Waals surface area contributed by atoms with E-state index in [0.29, 0.717) is 6.42 Å². The molecule has 1 unspecified atom stereocenters. The number of rotatable bonds is 6. The predicted molar refractivity (Wildman–Crippen MR) is 59.7 cm³/mol. The topological polar surface area (TPSA) is 41.6 Å². The van der Waals surface area contributed by atoms with Gasteiger partial charge in [-0.25, -0.2) is 0 Å². The Balaban J connectivity index is 1.91.